The minimum absolute atomic E-state index is 0.226. The van der Waals surface area contributed by atoms with Crippen LogP contribution in [-0.4, -0.2) is 73.3 Å². The number of amides is 1. The molecule has 4 aromatic rings. The Morgan fingerprint density at radius 1 is 0.677 bits per heavy atom. The molecule has 1 aliphatic rings. The minimum atomic E-state index is -0.656. The molecule has 1 unspecified atom stereocenters. The summed E-state index contributed by atoms with van der Waals surface area (Å²) in [7, 11) is 0. The second kappa shape index (κ2) is 31.4. The summed E-state index contributed by atoms with van der Waals surface area (Å²) < 4.78 is 13.6. The molecular formula is C56H88N4O4S. The third-order valence-corrected chi connectivity index (χ3v) is 14.6. The lowest BCUT2D eigenvalue weighted by Gasteiger charge is -2.36. The summed E-state index contributed by atoms with van der Waals surface area (Å²) >= 11 is 1.81. The van der Waals surface area contributed by atoms with Gasteiger partial charge in [-0.1, -0.05) is 161 Å². The molecule has 2 aromatic heterocycles. The lowest BCUT2D eigenvalue weighted by molar-refractivity contribution is 0.0680. The summed E-state index contributed by atoms with van der Waals surface area (Å²) in [5.74, 6) is 0.753. The number of aromatic nitrogens is 1. The molecule has 1 atom stereocenters. The molecule has 0 aliphatic carbocycles. The van der Waals surface area contributed by atoms with Crippen LogP contribution in [0, 0.1) is 0 Å². The standard InChI is InChI=1S/C56H88N4O4S/c1-4-6-8-10-12-14-16-18-20-22-24-26-37-60(38-27-25-23-21-19-17-15-13-11-9-7-5-2)56(62)64-47(3)51-45-48-33-34-49(46-52(48)57-55(51)61)63-43-29-28-36-58-39-41-59(42-40-58)53-31-30-32-54-50(53)35-44-65-54/h30-35,44-47H,4-29,36-43H2,1-3H3,(H,57,61). The molecular weight excluding hydrogens is 825 g/mol. The quantitative estimate of drug-likeness (QED) is 0.0463. The number of unbranched alkanes of at least 4 members (excludes halogenated alkanes) is 23. The van der Waals surface area contributed by atoms with E-state index in [1.165, 1.54) is 144 Å². The van der Waals surface area contributed by atoms with Gasteiger partial charge in [0.05, 0.1) is 17.7 Å². The molecule has 1 fully saturated rings. The van der Waals surface area contributed by atoms with Gasteiger partial charge in [-0.15, -0.1) is 11.3 Å². The van der Waals surface area contributed by atoms with Crippen LogP contribution in [-0.2, 0) is 4.74 Å². The highest BCUT2D eigenvalue weighted by Gasteiger charge is 2.22. The Bertz CT molecular complexity index is 1910. The Hall–Kier alpha value is -3.56. The van der Waals surface area contributed by atoms with Crippen LogP contribution >= 0.6 is 11.3 Å². The Labute approximate surface area is 398 Å². The Morgan fingerprint density at radius 2 is 1.25 bits per heavy atom. The van der Waals surface area contributed by atoms with Crippen LogP contribution in [0.15, 0.2) is 58.7 Å². The molecule has 9 heteroatoms. The second-order valence-corrected chi connectivity index (χ2v) is 20.0. The van der Waals surface area contributed by atoms with Crippen molar-refractivity contribution in [3.05, 3.63) is 69.8 Å². The Balaban J connectivity index is 1.02. The lowest BCUT2D eigenvalue weighted by atomic mass is 10.0. The normalized spacial score (nSPS) is 13.8. The minimum Gasteiger partial charge on any atom is -0.494 e. The van der Waals surface area contributed by atoms with Crippen LogP contribution in [0.2, 0.25) is 0 Å². The highest BCUT2D eigenvalue weighted by Crippen LogP contribution is 2.31. The number of piperazine rings is 1. The van der Waals surface area contributed by atoms with Crippen LogP contribution in [0.5, 0.6) is 5.75 Å². The summed E-state index contributed by atoms with van der Waals surface area (Å²) in [4.78, 5) is 37.2. The fourth-order valence-electron chi connectivity index (χ4n) is 9.55. The molecule has 1 saturated heterocycles. The second-order valence-electron chi connectivity index (χ2n) is 19.1. The van der Waals surface area contributed by atoms with E-state index in [0.717, 1.165) is 87.9 Å². The fraction of sp³-hybridized carbons (Fsp3) is 0.679. The largest absolute Gasteiger partial charge is 0.494 e. The number of carbonyl (C=O) groups is 1. The highest BCUT2D eigenvalue weighted by atomic mass is 32.1. The van der Waals surface area contributed by atoms with Crippen molar-refractivity contribution in [1.29, 1.82) is 0 Å². The third kappa shape index (κ3) is 19.3. The highest BCUT2D eigenvalue weighted by molar-refractivity contribution is 7.17. The van der Waals surface area contributed by atoms with Gasteiger partial charge in [-0.3, -0.25) is 9.69 Å². The molecule has 0 bridgehead atoms. The number of thiophene rings is 1. The molecule has 65 heavy (non-hydrogen) atoms. The Kier molecular flexibility index (Phi) is 25.3. The number of rotatable bonds is 35. The average molecular weight is 913 g/mol. The van der Waals surface area contributed by atoms with E-state index in [1.54, 1.807) is 0 Å². The molecule has 8 nitrogen and oxygen atoms in total. The van der Waals surface area contributed by atoms with Crippen LogP contribution in [0.25, 0.3) is 21.0 Å². The molecule has 3 heterocycles. The van der Waals surface area contributed by atoms with Crippen molar-refractivity contribution in [1.82, 2.24) is 14.8 Å². The number of benzene rings is 2. The molecule has 0 saturated carbocycles. The van der Waals surface area contributed by atoms with E-state index in [0.29, 0.717) is 25.3 Å². The number of ether oxygens (including phenoxy) is 2. The summed E-state index contributed by atoms with van der Waals surface area (Å²) in [6.45, 7) is 13.8. The van der Waals surface area contributed by atoms with Crippen molar-refractivity contribution in [3.63, 3.8) is 0 Å². The summed E-state index contributed by atoms with van der Waals surface area (Å²) in [5.41, 5.74) is 2.34. The van der Waals surface area contributed by atoms with Crippen molar-refractivity contribution in [2.75, 3.05) is 57.3 Å². The number of aromatic amines is 1. The predicted molar refractivity (Wildman–Crippen MR) is 278 cm³/mol. The van der Waals surface area contributed by atoms with E-state index >= 15 is 0 Å². The van der Waals surface area contributed by atoms with Gasteiger partial charge in [0, 0.05) is 61.1 Å². The van der Waals surface area contributed by atoms with Crippen LogP contribution in [0.3, 0.4) is 0 Å². The number of pyridine rings is 1. The Morgan fingerprint density at radius 3 is 1.83 bits per heavy atom. The molecule has 1 amide bonds. The number of anilines is 1. The summed E-state index contributed by atoms with van der Waals surface area (Å²) in [6, 6.07) is 16.6. The van der Waals surface area contributed by atoms with Gasteiger partial charge in [-0.25, -0.2) is 4.79 Å². The maximum Gasteiger partial charge on any atom is 0.410 e. The number of nitrogens with zero attached hydrogens (tertiary/aromatic N) is 3. The summed E-state index contributed by atoms with van der Waals surface area (Å²) in [6.07, 6.45) is 32.1. The number of carbonyl (C=O) groups excluding carboxylic acids is 1. The fourth-order valence-corrected chi connectivity index (χ4v) is 10.4. The maximum atomic E-state index is 13.7. The number of hydrogen-bond donors (Lipinski definition) is 1. The summed E-state index contributed by atoms with van der Waals surface area (Å²) in [5, 5.41) is 4.46. The first-order valence-corrected chi connectivity index (χ1v) is 27.5. The van der Waals surface area contributed by atoms with Gasteiger partial charge in [0.15, 0.2) is 0 Å². The van der Waals surface area contributed by atoms with Gasteiger partial charge in [0.2, 0.25) is 0 Å². The van der Waals surface area contributed by atoms with Gasteiger partial charge in [0.25, 0.3) is 5.56 Å². The molecule has 1 aliphatic heterocycles. The first-order chi connectivity index (χ1) is 32.0. The first-order valence-electron chi connectivity index (χ1n) is 26.7. The van der Waals surface area contributed by atoms with Crippen molar-refractivity contribution < 1.29 is 14.3 Å². The number of nitrogens with one attached hydrogen (secondary N) is 1. The zero-order valence-electron chi connectivity index (χ0n) is 41.2. The van der Waals surface area contributed by atoms with Crippen molar-refractivity contribution in [2.45, 2.75) is 194 Å². The molecule has 362 valence electrons. The topological polar surface area (TPSA) is 78.1 Å². The van der Waals surface area contributed by atoms with Crippen molar-refractivity contribution >= 4 is 44.1 Å². The van der Waals surface area contributed by atoms with Gasteiger partial charge in [-0.2, -0.15) is 0 Å². The van der Waals surface area contributed by atoms with Crippen LogP contribution in [0.1, 0.15) is 199 Å². The van der Waals surface area contributed by atoms with E-state index in [4.69, 9.17) is 9.47 Å². The molecule has 1 N–H and O–H groups in total. The van der Waals surface area contributed by atoms with Crippen LogP contribution < -0.4 is 15.2 Å². The average Bonchev–Trinajstić information content (AvgIpc) is 3.81. The van der Waals surface area contributed by atoms with E-state index in [-0.39, 0.29) is 11.7 Å². The lowest BCUT2D eigenvalue weighted by Crippen LogP contribution is -2.46. The van der Waals surface area contributed by atoms with E-state index < -0.39 is 6.10 Å². The van der Waals surface area contributed by atoms with Crippen molar-refractivity contribution in [3.8, 4) is 5.75 Å². The number of H-pyrrole nitrogens is 1. The van der Waals surface area contributed by atoms with Gasteiger partial charge in [-0.05, 0) is 86.3 Å². The van der Waals surface area contributed by atoms with Crippen molar-refractivity contribution in [2.24, 2.45) is 0 Å². The number of hydrogen-bond acceptors (Lipinski definition) is 7. The van der Waals surface area contributed by atoms with Crippen LogP contribution in [0.4, 0.5) is 10.5 Å². The molecule has 0 radical (unpaired) electrons. The zero-order valence-corrected chi connectivity index (χ0v) is 42.0. The van der Waals surface area contributed by atoms with E-state index in [9.17, 15) is 9.59 Å². The SMILES string of the molecule is CCCCCCCCCCCCCCN(CCCCCCCCCCCCCC)C(=O)OC(C)c1cc2ccc(OCCCCN3CCN(c4cccc5sccc45)CC3)cc2[nH]c1=O. The predicted octanol–water partition coefficient (Wildman–Crippen LogP) is 15.6. The molecule has 2 aromatic carbocycles. The number of fused-ring (bicyclic) bond motifs is 2. The van der Waals surface area contributed by atoms with Gasteiger partial charge in [0.1, 0.15) is 11.9 Å². The third-order valence-electron chi connectivity index (χ3n) is 13.7. The van der Waals surface area contributed by atoms with Gasteiger partial charge >= 0.3 is 6.09 Å². The molecule has 0 spiro atoms. The van der Waals surface area contributed by atoms with E-state index in [2.05, 4.69) is 58.3 Å². The van der Waals surface area contributed by atoms with Gasteiger partial charge < -0.3 is 24.3 Å². The first kappa shape index (κ1) is 52.4. The van der Waals surface area contributed by atoms with E-state index in [1.807, 2.05) is 47.4 Å². The molecule has 5 rings (SSSR count). The smallest absolute Gasteiger partial charge is 0.410 e. The maximum absolute atomic E-state index is 13.7. The monoisotopic (exact) mass is 913 g/mol. The zero-order chi connectivity index (χ0) is 45.7.